The van der Waals surface area contributed by atoms with Gasteiger partial charge >= 0.3 is 0 Å². The van der Waals surface area contributed by atoms with Gasteiger partial charge in [0.2, 0.25) is 11.8 Å². The molecule has 0 aliphatic carbocycles. The van der Waals surface area contributed by atoms with E-state index in [-0.39, 0.29) is 22.5 Å². The van der Waals surface area contributed by atoms with Crippen molar-refractivity contribution in [2.24, 2.45) is 10.2 Å². The molecule has 0 unspecified atom stereocenters. The maximum absolute atomic E-state index is 12.0. The summed E-state index contributed by atoms with van der Waals surface area (Å²) in [5.74, 6) is -0.284. The van der Waals surface area contributed by atoms with Gasteiger partial charge in [-0.25, -0.2) is 0 Å². The Labute approximate surface area is 171 Å². The number of nitrogens with one attached hydrogen (secondary N) is 1. The number of thioether (sulfide) groups is 1. The molecule has 0 saturated carbocycles. The molecule has 8 nitrogen and oxygen atoms in total. The number of amides is 1. The van der Waals surface area contributed by atoms with Gasteiger partial charge in [0, 0.05) is 15.4 Å². The second-order valence-electron chi connectivity index (χ2n) is 5.63. The molecule has 0 aliphatic rings. The number of rotatable bonds is 5. The van der Waals surface area contributed by atoms with Crippen molar-refractivity contribution in [3.63, 3.8) is 0 Å². The third-order valence-corrected chi connectivity index (χ3v) is 5.02. The summed E-state index contributed by atoms with van der Waals surface area (Å²) in [6, 6.07) is 14.7. The number of hydrogen-bond donors (Lipinski definition) is 2. The number of carbonyl (C=O) groups is 1. The highest BCUT2D eigenvalue weighted by atomic mass is 79.9. The second kappa shape index (κ2) is 7.95. The van der Waals surface area contributed by atoms with Crippen LogP contribution in [-0.4, -0.2) is 31.9 Å². The van der Waals surface area contributed by atoms with Crippen molar-refractivity contribution in [1.82, 2.24) is 15.2 Å². The maximum atomic E-state index is 12.0. The summed E-state index contributed by atoms with van der Waals surface area (Å²) in [7, 11) is 0. The number of nitrogens with zero attached hydrogens (tertiary/aromatic N) is 4. The summed E-state index contributed by atoms with van der Waals surface area (Å²) in [5, 5.41) is 26.3. The predicted octanol–water partition coefficient (Wildman–Crippen LogP) is 5.09. The van der Waals surface area contributed by atoms with E-state index in [1.165, 1.54) is 0 Å². The number of fused-ring (bicyclic) bond motifs is 1. The number of halogens is 1. The van der Waals surface area contributed by atoms with Gasteiger partial charge in [0.05, 0.1) is 11.3 Å². The van der Waals surface area contributed by atoms with Gasteiger partial charge in [-0.3, -0.25) is 4.79 Å². The molecule has 1 amide bonds. The van der Waals surface area contributed by atoms with Crippen LogP contribution in [0.15, 0.2) is 72.9 Å². The Bertz CT molecular complexity index is 1170. The predicted molar refractivity (Wildman–Crippen MR) is 108 cm³/mol. The summed E-state index contributed by atoms with van der Waals surface area (Å²) in [5.41, 5.74) is 1.70. The number of carbonyl (C=O) groups excluding carboxylic acids is 1. The summed E-state index contributed by atoms with van der Waals surface area (Å²) in [6.45, 7) is 0. The highest BCUT2D eigenvalue weighted by Crippen LogP contribution is 2.36. The molecule has 2 heterocycles. The van der Waals surface area contributed by atoms with Gasteiger partial charge in [-0.15, -0.1) is 20.4 Å². The number of hydrogen-bond acceptors (Lipinski definition) is 7. The average Bonchev–Trinajstić information content (AvgIpc) is 3.29. The fourth-order valence-electron chi connectivity index (χ4n) is 2.46. The third-order valence-electron chi connectivity index (χ3n) is 3.72. The normalized spacial score (nSPS) is 11.5. The molecule has 0 saturated heterocycles. The van der Waals surface area contributed by atoms with Gasteiger partial charge in [-0.05, 0) is 30.3 Å². The lowest BCUT2D eigenvalue weighted by atomic mass is 10.2. The zero-order valence-electron chi connectivity index (χ0n) is 14.2. The van der Waals surface area contributed by atoms with Crippen molar-refractivity contribution >= 4 is 50.2 Å². The average molecular weight is 458 g/mol. The van der Waals surface area contributed by atoms with E-state index in [0.717, 1.165) is 21.8 Å². The van der Waals surface area contributed by atoms with E-state index in [2.05, 4.69) is 41.3 Å². The Morgan fingerprint density at radius 1 is 1.21 bits per heavy atom. The minimum Gasteiger partial charge on any atom is -0.493 e. The molecule has 0 spiro atoms. The molecule has 2 aromatic heterocycles. The van der Waals surface area contributed by atoms with E-state index in [1.807, 2.05) is 36.4 Å². The molecule has 28 heavy (non-hydrogen) atoms. The van der Waals surface area contributed by atoms with E-state index in [9.17, 15) is 9.90 Å². The fourth-order valence-corrected chi connectivity index (χ4v) is 3.36. The van der Waals surface area contributed by atoms with Gasteiger partial charge in [0.1, 0.15) is 0 Å². The lowest BCUT2D eigenvalue weighted by molar-refractivity contribution is -0.115. The van der Waals surface area contributed by atoms with Crippen molar-refractivity contribution in [2.75, 3.05) is 5.75 Å². The lowest BCUT2D eigenvalue weighted by Crippen LogP contribution is -1.95. The minimum absolute atomic E-state index is 0.0211. The van der Waals surface area contributed by atoms with Gasteiger partial charge < -0.3 is 14.5 Å². The van der Waals surface area contributed by atoms with Gasteiger partial charge in [0.25, 0.3) is 11.1 Å². The Balaban J connectivity index is 1.42. The van der Waals surface area contributed by atoms with Gasteiger partial charge in [-0.2, -0.15) is 0 Å². The number of aromatic amines is 1. The second-order valence-corrected chi connectivity index (χ2v) is 7.48. The monoisotopic (exact) mass is 457 g/mol. The number of aromatic hydroxyl groups is 1. The van der Waals surface area contributed by atoms with Crippen LogP contribution in [-0.2, 0) is 4.79 Å². The van der Waals surface area contributed by atoms with E-state index >= 15 is 0 Å². The van der Waals surface area contributed by atoms with Gasteiger partial charge in [-0.1, -0.05) is 45.9 Å². The number of aromatic nitrogens is 3. The zero-order valence-corrected chi connectivity index (χ0v) is 16.6. The molecule has 0 fully saturated rings. The summed E-state index contributed by atoms with van der Waals surface area (Å²) >= 11 is 4.43. The molecule has 2 N–H and O–H groups in total. The maximum Gasteiger partial charge on any atom is 0.277 e. The molecule has 2 aromatic carbocycles. The Kier molecular flexibility index (Phi) is 5.22. The molecule has 0 bridgehead atoms. The highest BCUT2D eigenvalue weighted by molar-refractivity contribution is 9.10. The number of H-pyrrole nitrogens is 1. The van der Waals surface area contributed by atoms with Crippen LogP contribution in [0, 0.1) is 0 Å². The smallest absolute Gasteiger partial charge is 0.277 e. The molecule has 10 heteroatoms. The van der Waals surface area contributed by atoms with Crippen molar-refractivity contribution in [2.45, 2.75) is 5.22 Å². The molecule has 140 valence electrons. The summed E-state index contributed by atoms with van der Waals surface area (Å²) in [4.78, 5) is 14.8. The van der Waals surface area contributed by atoms with Gasteiger partial charge in [0.15, 0.2) is 5.69 Å². The summed E-state index contributed by atoms with van der Waals surface area (Å²) < 4.78 is 6.35. The van der Waals surface area contributed by atoms with Crippen LogP contribution in [0.4, 0.5) is 5.69 Å². The Morgan fingerprint density at radius 2 is 2.04 bits per heavy atom. The van der Waals surface area contributed by atoms with Crippen LogP contribution in [0.2, 0.25) is 0 Å². The third kappa shape index (κ3) is 3.97. The van der Waals surface area contributed by atoms with E-state index in [1.54, 1.807) is 12.1 Å². The first-order valence-corrected chi connectivity index (χ1v) is 9.84. The SMILES string of the molecule is O=C(CSc1nnc(-c2ccccc2)o1)N=Nc1c(O)[nH]c2ccc(Br)cc12. The lowest BCUT2D eigenvalue weighted by Gasteiger charge is -1.94. The van der Waals surface area contributed by atoms with Crippen LogP contribution < -0.4 is 0 Å². The van der Waals surface area contributed by atoms with Crippen LogP contribution >= 0.6 is 27.7 Å². The Morgan fingerprint density at radius 3 is 2.86 bits per heavy atom. The fraction of sp³-hybridized carbons (Fsp3) is 0.0556. The molecule has 0 aliphatic heterocycles. The molecular weight excluding hydrogens is 446 g/mol. The van der Waals surface area contributed by atoms with Crippen LogP contribution in [0.3, 0.4) is 0 Å². The standard InChI is InChI=1S/C18H12BrN5O3S/c19-11-6-7-13-12(8-11)15(16(26)20-13)22-21-14(25)9-28-18-24-23-17(27-18)10-4-2-1-3-5-10/h1-8,20,26H,9H2. The first-order chi connectivity index (χ1) is 13.6. The van der Waals surface area contributed by atoms with Crippen LogP contribution in [0.1, 0.15) is 0 Å². The first-order valence-electron chi connectivity index (χ1n) is 8.06. The molecule has 0 atom stereocenters. The zero-order chi connectivity index (χ0) is 19.5. The minimum atomic E-state index is -0.492. The van der Waals surface area contributed by atoms with Crippen molar-refractivity contribution in [3.05, 3.63) is 53.0 Å². The van der Waals surface area contributed by atoms with Crippen molar-refractivity contribution in [3.8, 4) is 17.3 Å². The van der Waals surface area contributed by atoms with E-state index < -0.39 is 5.91 Å². The first kappa shape index (κ1) is 18.4. The summed E-state index contributed by atoms with van der Waals surface area (Å²) in [6.07, 6.45) is 0. The molecular formula is C18H12BrN5O3S. The molecule has 0 radical (unpaired) electrons. The number of benzene rings is 2. The largest absolute Gasteiger partial charge is 0.493 e. The quantitative estimate of drug-likeness (QED) is 0.318. The Hall–Kier alpha value is -2.98. The van der Waals surface area contributed by atoms with Crippen molar-refractivity contribution < 1.29 is 14.3 Å². The topological polar surface area (TPSA) is 117 Å². The highest BCUT2D eigenvalue weighted by Gasteiger charge is 2.13. The number of azo groups is 1. The van der Waals surface area contributed by atoms with E-state index in [0.29, 0.717) is 16.8 Å². The molecule has 4 rings (SSSR count). The van der Waals surface area contributed by atoms with E-state index in [4.69, 9.17) is 4.42 Å². The van der Waals surface area contributed by atoms with Crippen LogP contribution in [0.25, 0.3) is 22.4 Å². The van der Waals surface area contributed by atoms with Crippen LogP contribution in [0.5, 0.6) is 5.88 Å². The molecule has 4 aromatic rings. The van der Waals surface area contributed by atoms with Crippen molar-refractivity contribution in [1.29, 1.82) is 0 Å².